The number of hydrogen-bond donors (Lipinski definition) is 2. The molecular formula is C15H17F3N2. The highest BCUT2D eigenvalue weighted by atomic mass is 19.4. The zero-order valence-electron chi connectivity index (χ0n) is 11.1. The van der Waals surface area contributed by atoms with E-state index in [0.717, 1.165) is 31.2 Å². The standard InChI is InChI=1S/C15H17F3N2/c16-15(17,18)13-8-10-7-11(3-4-12(10)20-13)14(9-19)5-1-2-6-14/h3-4,7-8,20H,1-2,5-6,9,19H2. The summed E-state index contributed by atoms with van der Waals surface area (Å²) in [6, 6.07) is 6.68. The first-order valence-corrected chi connectivity index (χ1v) is 6.85. The van der Waals surface area contributed by atoms with Crippen molar-refractivity contribution in [2.75, 3.05) is 6.54 Å². The van der Waals surface area contributed by atoms with Crippen molar-refractivity contribution in [1.29, 1.82) is 0 Å². The van der Waals surface area contributed by atoms with Crippen LogP contribution in [-0.4, -0.2) is 11.5 Å². The van der Waals surface area contributed by atoms with Crippen molar-refractivity contribution in [3.63, 3.8) is 0 Å². The summed E-state index contributed by atoms with van der Waals surface area (Å²) in [6.07, 6.45) is -0.0262. The first kappa shape index (κ1) is 13.5. The molecule has 1 heterocycles. The number of nitrogens with one attached hydrogen (secondary N) is 1. The van der Waals surface area contributed by atoms with Gasteiger partial charge in [0.25, 0.3) is 0 Å². The number of hydrogen-bond acceptors (Lipinski definition) is 1. The number of halogens is 3. The quantitative estimate of drug-likeness (QED) is 0.860. The summed E-state index contributed by atoms with van der Waals surface area (Å²) in [7, 11) is 0. The van der Waals surface area contributed by atoms with Crippen LogP contribution >= 0.6 is 0 Å². The van der Waals surface area contributed by atoms with Gasteiger partial charge >= 0.3 is 6.18 Å². The van der Waals surface area contributed by atoms with Crippen molar-refractivity contribution < 1.29 is 13.2 Å². The molecule has 0 amide bonds. The molecule has 0 unspecified atom stereocenters. The highest BCUT2D eigenvalue weighted by Gasteiger charge is 2.35. The molecule has 0 bridgehead atoms. The molecule has 1 aromatic carbocycles. The van der Waals surface area contributed by atoms with Gasteiger partial charge in [0.05, 0.1) is 0 Å². The fraction of sp³-hybridized carbons (Fsp3) is 0.467. The average molecular weight is 282 g/mol. The Hall–Kier alpha value is -1.49. The summed E-state index contributed by atoms with van der Waals surface area (Å²) in [5.41, 5.74) is 6.77. The third kappa shape index (κ3) is 2.10. The summed E-state index contributed by atoms with van der Waals surface area (Å²) in [5.74, 6) is 0. The van der Waals surface area contributed by atoms with Crippen LogP contribution < -0.4 is 5.73 Å². The molecule has 1 fully saturated rings. The second-order valence-electron chi connectivity index (χ2n) is 5.67. The maximum absolute atomic E-state index is 12.7. The number of benzene rings is 1. The topological polar surface area (TPSA) is 41.8 Å². The van der Waals surface area contributed by atoms with Gasteiger partial charge in [-0.05, 0) is 36.6 Å². The van der Waals surface area contributed by atoms with Gasteiger partial charge < -0.3 is 10.7 Å². The van der Waals surface area contributed by atoms with Gasteiger partial charge in [-0.15, -0.1) is 0 Å². The van der Waals surface area contributed by atoms with E-state index in [0.29, 0.717) is 17.4 Å². The summed E-state index contributed by atoms with van der Waals surface area (Å²) in [5, 5.41) is 0.606. The van der Waals surface area contributed by atoms with Gasteiger partial charge in [0.1, 0.15) is 5.69 Å². The first-order valence-electron chi connectivity index (χ1n) is 6.85. The van der Waals surface area contributed by atoms with Crippen molar-refractivity contribution in [2.24, 2.45) is 5.73 Å². The lowest BCUT2D eigenvalue weighted by molar-refractivity contribution is -0.140. The molecule has 0 saturated heterocycles. The monoisotopic (exact) mass is 282 g/mol. The zero-order chi connectivity index (χ0) is 14.4. The van der Waals surface area contributed by atoms with Crippen LogP contribution in [0.1, 0.15) is 36.9 Å². The number of alkyl halides is 3. The second kappa shape index (κ2) is 4.52. The van der Waals surface area contributed by atoms with Gasteiger partial charge in [0, 0.05) is 22.9 Å². The van der Waals surface area contributed by atoms with Crippen molar-refractivity contribution >= 4 is 10.9 Å². The van der Waals surface area contributed by atoms with Crippen LogP contribution in [0, 0.1) is 0 Å². The van der Waals surface area contributed by atoms with E-state index in [1.54, 1.807) is 6.07 Å². The fourth-order valence-electron chi connectivity index (χ4n) is 3.28. The molecule has 108 valence electrons. The summed E-state index contributed by atoms with van der Waals surface area (Å²) >= 11 is 0. The highest BCUT2D eigenvalue weighted by molar-refractivity contribution is 5.81. The van der Waals surface area contributed by atoms with E-state index in [-0.39, 0.29) is 5.41 Å². The van der Waals surface area contributed by atoms with Gasteiger partial charge in [-0.1, -0.05) is 18.9 Å². The molecule has 1 aromatic heterocycles. The van der Waals surface area contributed by atoms with E-state index in [1.807, 2.05) is 12.1 Å². The van der Waals surface area contributed by atoms with Crippen LogP contribution in [0.2, 0.25) is 0 Å². The maximum atomic E-state index is 12.7. The predicted octanol–water partition coefficient (Wildman–Crippen LogP) is 3.96. The third-order valence-electron chi connectivity index (χ3n) is 4.49. The third-order valence-corrected chi connectivity index (χ3v) is 4.49. The van der Waals surface area contributed by atoms with E-state index in [1.165, 1.54) is 6.07 Å². The lowest BCUT2D eigenvalue weighted by Gasteiger charge is -2.27. The average Bonchev–Trinajstić information content (AvgIpc) is 3.04. The second-order valence-corrected chi connectivity index (χ2v) is 5.67. The number of fused-ring (bicyclic) bond motifs is 1. The Balaban J connectivity index is 2.06. The van der Waals surface area contributed by atoms with Crippen LogP contribution in [0.5, 0.6) is 0 Å². The largest absolute Gasteiger partial charge is 0.431 e. The Bertz CT molecular complexity index is 622. The molecule has 1 aliphatic carbocycles. The summed E-state index contributed by atoms with van der Waals surface area (Å²) in [4.78, 5) is 2.43. The molecule has 3 N–H and O–H groups in total. The summed E-state index contributed by atoms with van der Waals surface area (Å²) in [6.45, 7) is 0.551. The zero-order valence-corrected chi connectivity index (χ0v) is 11.1. The Morgan fingerprint density at radius 1 is 1.15 bits per heavy atom. The van der Waals surface area contributed by atoms with Crippen molar-refractivity contribution in [3.8, 4) is 0 Å². The van der Waals surface area contributed by atoms with Gasteiger partial charge in [-0.2, -0.15) is 13.2 Å². The number of aromatic nitrogens is 1. The van der Waals surface area contributed by atoms with Crippen LogP contribution in [0.25, 0.3) is 10.9 Å². The number of nitrogens with two attached hydrogens (primary N) is 1. The highest BCUT2D eigenvalue weighted by Crippen LogP contribution is 2.41. The fourth-order valence-corrected chi connectivity index (χ4v) is 3.28. The Labute approximate surface area is 115 Å². The minimum Gasteiger partial charge on any atom is -0.351 e. The molecule has 0 atom stereocenters. The van der Waals surface area contributed by atoms with Crippen LogP contribution in [0.4, 0.5) is 13.2 Å². The first-order chi connectivity index (χ1) is 9.44. The van der Waals surface area contributed by atoms with Crippen molar-refractivity contribution in [2.45, 2.75) is 37.3 Å². The molecule has 20 heavy (non-hydrogen) atoms. The summed E-state index contributed by atoms with van der Waals surface area (Å²) < 4.78 is 38.2. The van der Waals surface area contributed by atoms with Crippen LogP contribution in [0.3, 0.4) is 0 Å². The minimum absolute atomic E-state index is 0.0517. The molecule has 5 heteroatoms. The van der Waals surface area contributed by atoms with E-state index < -0.39 is 11.9 Å². The van der Waals surface area contributed by atoms with Crippen molar-refractivity contribution in [1.82, 2.24) is 4.98 Å². The molecule has 0 spiro atoms. The van der Waals surface area contributed by atoms with Gasteiger partial charge in [-0.3, -0.25) is 0 Å². The lowest BCUT2D eigenvalue weighted by atomic mass is 9.79. The van der Waals surface area contributed by atoms with Gasteiger partial charge in [0.2, 0.25) is 0 Å². The number of rotatable bonds is 2. The molecule has 0 radical (unpaired) electrons. The normalized spacial score (nSPS) is 18.8. The Morgan fingerprint density at radius 2 is 1.85 bits per heavy atom. The Morgan fingerprint density at radius 3 is 2.45 bits per heavy atom. The predicted molar refractivity (Wildman–Crippen MR) is 72.5 cm³/mol. The maximum Gasteiger partial charge on any atom is 0.431 e. The van der Waals surface area contributed by atoms with Crippen molar-refractivity contribution in [3.05, 3.63) is 35.5 Å². The van der Waals surface area contributed by atoms with Gasteiger partial charge in [-0.25, -0.2) is 0 Å². The molecule has 2 nitrogen and oxygen atoms in total. The molecular weight excluding hydrogens is 265 g/mol. The molecule has 1 saturated carbocycles. The number of aromatic amines is 1. The van der Waals surface area contributed by atoms with Crippen LogP contribution in [-0.2, 0) is 11.6 Å². The van der Waals surface area contributed by atoms with E-state index in [2.05, 4.69) is 4.98 Å². The molecule has 3 rings (SSSR count). The molecule has 2 aromatic rings. The SMILES string of the molecule is NCC1(c2ccc3[nH]c(C(F)(F)F)cc3c2)CCCC1. The Kier molecular flexibility index (Phi) is 3.05. The molecule has 1 aliphatic rings. The van der Waals surface area contributed by atoms with Crippen LogP contribution in [0.15, 0.2) is 24.3 Å². The minimum atomic E-state index is -4.34. The molecule has 0 aliphatic heterocycles. The lowest BCUT2D eigenvalue weighted by Crippen LogP contribution is -2.31. The van der Waals surface area contributed by atoms with E-state index >= 15 is 0 Å². The van der Waals surface area contributed by atoms with E-state index in [9.17, 15) is 13.2 Å². The smallest absolute Gasteiger partial charge is 0.351 e. The number of H-pyrrole nitrogens is 1. The van der Waals surface area contributed by atoms with Gasteiger partial charge in [0.15, 0.2) is 0 Å². The van der Waals surface area contributed by atoms with E-state index in [4.69, 9.17) is 5.73 Å².